The first-order chi connectivity index (χ1) is 9.48. The van der Waals surface area contributed by atoms with Crippen molar-refractivity contribution in [3.8, 4) is 12.3 Å². The quantitative estimate of drug-likeness (QED) is 0.754. The normalized spacial score (nSPS) is 15.5. The van der Waals surface area contributed by atoms with Gasteiger partial charge in [0.1, 0.15) is 10.7 Å². The highest BCUT2D eigenvalue weighted by atomic mass is 79.9. The van der Waals surface area contributed by atoms with Crippen LogP contribution in [0.25, 0.3) is 0 Å². The van der Waals surface area contributed by atoms with Crippen molar-refractivity contribution in [3.63, 3.8) is 0 Å². The van der Waals surface area contributed by atoms with Crippen LogP contribution in [0.2, 0.25) is 0 Å². The summed E-state index contributed by atoms with van der Waals surface area (Å²) in [5, 5.41) is 3.28. The van der Waals surface area contributed by atoms with Crippen LogP contribution in [-0.2, 0) is 16.6 Å². The van der Waals surface area contributed by atoms with Crippen molar-refractivity contribution in [2.75, 3.05) is 13.1 Å². The van der Waals surface area contributed by atoms with Crippen molar-refractivity contribution in [3.05, 3.63) is 16.5 Å². The molecule has 2 rings (SSSR count). The number of sulfonamides is 1. The van der Waals surface area contributed by atoms with Crippen LogP contribution in [0, 0.1) is 12.3 Å². The lowest BCUT2D eigenvalue weighted by Gasteiger charge is -2.16. The summed E-state index contributed by atoms with van der Waals surface area (Å²) in [7, 11) is -3.62. The van der Waals surface area contributed by atoms with Crippen LogP contribution in [0.4, 0.5) is 0 Å². The van der Waals surface area contributed by atoms with Crippen molar-refractivity contribution >= 4 is 26.0 Å². The number of rotatable bonds is 7. The van der Waals surface area contributed by atoms with Crippen molar-refractivity contribution in [1.29, 1.82) is 0 Å². The molecular formula is C13H17BrN2O3S. The predicted octanol–water partition coefficient (Wildman–Crippen LogP) is 1.94. The van der Waals surface area contributed by atoms with E-state index in [1.165, 1.54) is 17.1 Å². The van der Waals surface area contributed by atoms with Crippen molar-refractivity contribution < 1.29 is 12.8 Å². The Hall–Kier alpha value is -0.810. The molecule has 20 heavy (non-hydrogen) atoms. The molecule has 1 aromatic heterocycles. The maximum atomic E-state index is 12.5. The monoisotopic (exact) mass is 360 g/mol. The second-order valence-electron chi connectivity index (χ2n) is 4.64. The van der Waals surface area contributed by atoms with Gasteiger partial charge < -0.3 is 9.73 Å². The van der Waals surface area contributed by atoms with Crippen molar-refractivity contribution in [2.24, 2.45) is 0 Å². The molecule has 5 nitrogen and oxygen atoms in total. The average Bonchev–Trinajstić information content (AvgIpc) is 3.15. The van der Waals surface area contributed by atoms with Gasteiger partial charge in [-0.05, 0) is 28.8 Å². The van der Waals surface area contributed by atoms with E-state index in [-0.39, 0.29) is 16.1 Å². The van der Waals surface area contributed by atoms with Gasteiger partial charge in [-0.15, -0.1) is 6.42 Å². The molecule has 1 aliphatic carbocycles. The van der Waals surface area contributed by atoms with Crippen LogP contribution in [0.1, 0.15) is 25.5 Å². The minimum atomic E-state index is -3.62. The summed E-state index contributed by atoms with van der Waals surface area (Å²) in [6.45, 7) is 2.64. The zero-order valence-electron chi connectivity index (χ0n) is 11.2. The third kappa shape index (κ3) is 3.44. The molecule has 0 aliphatic heterocycles. The van der Waals surface area contributed by atoms with E-state index in [0.717, 1.165) is 0 Å². The van der Waals surface area contributed by atoms with Gasteiger partial charge in [-0.25, -0.2) is 8.42 Å². The summed E-state index contributed by atoms with van der Waals surface area (Å²) in [4.78, 5) is 0.127. The van der Waals surface area contributed by atoms with Crippen molar-refractivity contribution in [1.82, 2.24) is 9.62 Å². The first-order valence-corrected chi connectivity index (χ1v) is 8.67. The number of hydrogen-bond acceptors (Lipinski definition) is 4. The molecular weight excluding hydrogens is 344 g/mol. The minimum absolute atomic E-state index is 0.0477. The van der Waals surface area contributed by atoms with Crippen LogP contribution in [0.15, 0.2) is 20.0 Å². The fourth-order valence-corrected chi connectivity index (χ4v) is 4.12. The van der Waals surface area contributed by atoms with Crippen LogP contribution in [0.5, 0.6) is 0 Å². The summed E-state index contributed by atoms with van der Waals surface area (Å²) in [5.74, 6) is 2.95. The lowest BCUT2D eigenvalue weighted by molar-refractivity contribution is 0.449. The van der Waals surface area contributed by atoms with Gasteiger partial charge >= 0.3 is 0 Å². The summed E-state index contributed by atoms with van der Waals surface area (Å²) < 4.78 is 31.8. The number of terminal acetylenes is 1. The molecule has 1 aliphatic rings. The van der Waals surface area contributed by atoms with E-state index >= 15 is 0 Å². The zero-order chi connectivity index (χ0) is 14.8. The van der Waals surface area contributed by atoms with Gasteiger partial charge in [-0.2, -0.15) is 4.31 Å². The molecule has 0 radical (unpaired) electrons. The van der Waals surface area contributed by atoms with Crippen LogP contribution in [0.3, 0.4) is 0 Å². The zero-order valence-corrected chi connectivity index (χ0v) is 13.6. The fraction of sp³-hybridized carbons (Fsp3) is 0.538. The molecule has 1 aromatic rings. The smallest absolute Gasteiger partial charge is 0.248 e. The number of furan rings is 1. The molecule has 1 N–H and O–H groups in total. The van der Waals surface area contributed by atoms with E-state index in [1.54, 1.807) is 13.0 Å². The third-order valence-electron chi connectivity index (χ3n) is 3.09. The Morgan fingerprint density at radius 2 is 2.30 bits per heavy atom. The summed E-state index contributed by atoms with van der Waals surface area (Å²) >= 11 is 3.17. The van der Waals surface area contributed by atoms with Gasteiger partial charge in [0.25, 0.3) is 0 Å². The molecule has 0 spiro atoms. The Balaban J connectivity index is 2.19. The molecule has 0 amide bonds. The van der Waals surface area contributed by atoms with Gasteiger partial charge in [-0.1, -0.05) is 12.8 Å². The molecule has 0 bridgehead atoms. The number of nitrogens with one attached hydrogen (secondary N) is 1. The molecule has 1 saturated carbocycles. The Kier molecular flexibility index (Phi) is 4.91. The topological polar surface area (TPSA) is 62.6 Å². The van der Waals surface area contributed by atoms with Crippen LogP contribution < -0.4 is 5.32 Å². The molecule has 0 saturated heterocycles. The van der Waals surface area contributed by atoms with E-state index in [0.29, 0.717) is 24.9 Å². The maximum absolute atomic E-state index is 12.5. The van der Waals surface area contributed by atoms with Gasteiger partial charge in [-0.3, -0.25) is 0 Å². The van der Waals surface area contributed by atoms with E-state index in [1.807, 2.05) is 0 Å². The van der Waals surface area contributed by atoms with Crippen molar-refractivity contribution in [2.45, 2.75) is 37.2 Å². The number of hydrogen-bond donors (Lipinski definition) is 1. The van der Waals surface area contributed by atoms with E-state index in [4.69, 9.17) is 10.8 Å². The Morgan fingerprint density at radius 1 is 1.60 bits per heavy atom. The van der Waals surface area contributed by atoms with Gasteiger partial charge in [0.15, 0.2) is 4.67 Å². The Bertz CT molecular complexity index is 614. The second kappa shape index (κ2) is 6.31. The van der Waals surface area contributed by atoms with Gasteiger partial charge in [0, 0.05) is 18.7 Å². The molecule has 1 heterocycles. The Labute approximate surface area is 127 Å². The summed E-state index contributed by atoms with van der Waals surface area (Å²) in [5.41, 5.74) is 0. The maximum Gasteiger partial charge on any atom is 0.248 e. The lowest BCUT2D eigenvalue weighted by atomic mass is 10.4. The van der Waals surface area contributed by atoms with Crippen LogP contribution >= 0.6 is 15.9 Å². The molecule has 0 unspecified atom stereocenters. The molecule has 0 aromatic carbocycles. The first-order valence-electron chi connectivity index (χ1n) is 6.44. The highest BCUT2D eigenvalue weighted by molar-refractivity contribution is 9.10. The summed E-state index contributed by atoms with van der Waals surface area (Å²) in [6, 6.07) is 2.08. The van der Waals surface area contributed by atoms with E-state index in [9.17, 15) is 8.42 Å². The molecule has 0 atom stereocenters. The Morgan fingerprint density at radius 3 is 2.85 bits per heavy atom. The number of halogens is 1. The third-order valence-corrected chi connectivity index (χ3v) is 5.86. The molecule has 7 heteroatoms. The standard InChI is InChI=1S/C13H17BrN2O3S/c1-3-7-16(4-2)20(17,18)12-8-11(19-13(12)14)9-15-10-5-6-10/h1,8,10,15H,4-7,9H2,2H3. The SMILES string of the molecule is C#CCN(CC)S(=O)(=O)c1cc(CNC2CC2)oc1Br. The predicted molar refractivity (Wildman–Crippen MR) is 79.5 cm³/mol. The van der Waals surface area contributed by atoms with Gasteiger partial charge in [0.2, 0.25) is 10.0 Å². The second-order valence-corrected chi connectivity index (χ2v) is 7.27. The molecule has 110 valence electrons. The molecule has 1 fully saturated rings. The average molecular weight is 361 g/mol. The largest absolute Gasteiger partial charge is 0.452 e. The first kappa shape index (κ1) is 15.6. The van der Waals surface area contributed by atoms with Gasteiger partial charge in [0.05, 0.1) is 13.1 Å². The van der Waals surface area contributed by atoms with E-state index in [2.05, 4.69) is 27.2 Å². The number of nitrogens with zero attached hydrogens (tertiary/aromatic N) is 1. The van der Waals surface area contributed by atoms with E-state index < -0.39 is 10.0 Å². The summed E-state index contributed by atoms with van der Waals surface area (Å²) in [6.07, 6.45) is 7.54. The fourth-order valence-electron chi connectivity index (χ4n) is 1.80. The highest BCUT2D eigenvalue weighted by Gasteiger charge is 2.28. The highest BCUT2D eigenvalue weighted by Crippen LogP contribution is 2.29. The minimum Gasteiger partial charge on any atom is -0.452 e. The lowest BCUT2D eigenvalue weighted by Crippen LogP contribution is -2.31. The van der Waals surface area contributed by atoms with Crippen LogP contribution in [-0.4, -0.2) is 31.9 Å².